The van der Waals surface area contributed by atoms with Crippen molar-refractivity contribution >= 4 is 17.1 Å². The van der Waals surface area contributed by atoms with Crippen LogP contribution in [0.4, 0.5) is 0 Å². The lowest BCUT2D eigenvalue weighted by molar-refractivity contribution is 0.0697. The van der Waals surface area contributed by atoms with E-state index in [2.05, 4.69) is 21.8 Å². The second kappa shape index (κ2) is 8.10. The first kappa shape index (κ1) is 19.2. The Bertz CT molecular complexity index is 1340. The molecule has 2 aromatic heterocycles. The summed E-state index contributed by atoms with van der Waals surface area (Å²) in [6, 6.07) is 16.4. The second-order valence-corrected chi connectivity index (χ2v) is 7.02. The predicted octanol–water partition coefficient (Wildman–Crippen LogP) is 3.14. The highest BCUT2D eigenvalue weighted by Gasteiger charge is 2.13. The molecule has 0 unspecified atom stereocenters. The maximum atomic E-state index is 12.9. The molecule has 4 rings (SSSR count). The number of aromatic carboxylic acids is 1. The quantitative estimate of drug-likeness (QED) is 0.518. The van der Waals surface area contributed by atoms with Crippen LogP contribution in [0.3, 0.4) is 0 Å². The van der Waals surface area contributed by atoms with E-state index in [0.717, 1.165) is 11.1 Å². The SMILES string of the molecule is Cn1cc(Cc2ccc(C(=O)O)cc2)c(=O)c2nc(C#CCc3ccccc3)[nH]c21. The smallest absolute Gasteiger partial charge is 0.335 e. The molecule has 2 N–H and O–H groups in total. The zero-order valence-corrected chi connectivity index (χ0v) is 16.3. The molecule has 0 aliphatic carbocycles. The van der Waals surface area contributed by atoms with Crippen LogP contribution in [0.2, 0.25) is 0 Å². The number of imidazole rings is 1. The van der Waals surface area contributed by atoms with E-state index in [9.17, 15) is 9.59 Å². The molecule has 30 heavy (non-hydrogen) atoms. The van der Waals surface area contributed by atoms with Crippen molar-refractivity contribution in [3.8, 4) is 11.8 Å². The van der Waals surface area contributed by atoms with Crippen LogP contribution < -0.4 is 5.43 Å². The Morgan fingerprint density at radius 3 is 2.53 bits per heavy atom. The summed E-state index contributed by atoms with van der Waals surface area (Å²) >= 11 is 0. The van der Waals surface area contributed by atoms with Crippen molar-refractivity contribution in [2.45, 2.75) is 12.8 Å². The fraction of sp³-hybridized carbons (Fsp3) is 0.125. The Balaban J connectivity index is 1.61. The monoisotopic (exact) mass is 397 g/mol. The van der Waals surface area contributed by atoms with E-state index in [4.69, 9.17) is 5.11 Å². The largest absolute Gasteiger partial charge is 0.478 e. The molecule has 6 nitrogen and oxygen atoms in total. The van der Waals surface area contributed by atoms with Gasteiger partial charge >= 0.3 is 5.97 Å². The van der Waals surface area contributed by atoms with Crippen molar-refractivity contribution in [1.82, 2.24) is 14.5 Å². The van der Waals surface area contributed by atoms with Gasteiger partial charge in [0.05, 0.1) is 5.56 Å². The van der Waals surface area contributed by atoms with Gasteiger partial charge in [-0.05, 0) is 29.2 Å². The molecule has 0 radical (unpaired) electrons. The fourth-order valence-electron chi connectivity index (χ4n) is 3.28. The molecule has 6 heteroatoms. The first-order chi connectivity index (χ1) is 14.5. The maximum Gasteiger partial charge on any atom is 0.335 e. The Morgan fingerprint density at radius 1 is 1.10 bits per heavy atom. The summed E-state index contributed by atoms with van der Waals surface area (Å²) in [5.41, 5.74) is 3.59. The summed E-state index contributed by atoms with van der Waals surface area (Å²) in [6.45, 7) is 0. The molecule has 0 saturated carbocycles. The van der Waals surface area contributed by atoms with Gasteiger partial charge in [-0.25, -0.2) is 9.78 Å². The molecule has 2 heterocycles. The number of carbonyl (C=O) groups is 1. The van der Waals surface area contributed by atoms with E-state index in [1.54, 1.807) is 18.3 Å². The molecule has 0 bridgehead atoms. The average Bonchev–Trinajstić information content (AvgIpc) is 3.18. The molecule has 148 valence electrons. The second-order valence-electron chi connectivity index (χ2n) is 7.02. The van der Waals surface area contributed by atoms with Crippen LogP contribution in [0.5, 0.6) is 0 Å². The minimum Gasteiger partial charge on any atom is -0.478 e. The van der Waals surface area contributed by atoms with Crippen molar-refractivity contribution in [2.75, 3.05) is 0 Å². The van der Waals surface area contributed by atoms with Crippen LogP contribution in [-0.4, -0.2) is 25.6 Å². The van der Waals surface area contributed by atoms with Gasteiger partial charge in [-0.2, -0.15) is 0 Å². The number of carboxylic acid groups (broad SMARTS) is 1. The van der Waals surface area contributed by atoms with E-state index in [0.29, 0.717) is 35.4 Å². The van der Waals surface area contributed by atoms with Crippen molar-refractivity contribution in [3.63, 3.8) is 0 Å². The molecule has 0 fully saturated rings. The number of nitrogens with zero attached hydrogens (tertiary/aromatic N) is 2. The van der Waals surface area contributed by atoms with Gasteiger partial charge in [0.25, 0.3) is 0 Å². The third kappa shape index (κ3) is 4.01. The van der Waals surface area contributed by atoms with Crippen LogP contribution in [0.15, 0.2) is 65.6 Å². The minimum atomic E-state index is -0.976. The number of hydrogen-bond acceptors (Lipinski definition) is 3. The van der Waals surface area contributed by atoms with Gasteiger partial charge in [0.1, 0.15) is 5.65 Å². The summed E-state index contributed by atoms with van der Waals surface area (Å²) in [5.74, 6) is 5.56. The van der Waals surface area contributed by atoms with E-state index < -0.39 is 5.97 Å². The number of pyridine rings is 1. The number of carboxylic acids is 1. The van der Waals surface area contributed by atoms with Gasteiger partial charge in [0.15, 0.2) is 11.3 Å². The van der Waals surface area contributed by atoms with Crippen LogP contribution >= 0.6 is 0 Å². The van der Waals surface area contributed by atoms with E-state index in [1.165, 1.54) is 12.1 Å². The number of aromatic amines is 1. The van der Waals surface area contributed by atoms with E-state index >= 15 is 0 Å². The van der Waals surface area contributed by atoms with Gasteiger partial charge in [0, 0.05) is 31.6 Å². The molecule has 0 amide bonds. The van der Waals surface area contributed by atoms with Crippen LogP contribution in [0.25, 0.3) is 11.2 Å². The Kier molecular flexibility index (Phi) is 5.19. The van der Waals surface area contributed by atoms with Crippen LogP contribution in [-0.2, 0) is 19.9 Å². The highest BCUT2D eigenvalue weighted by molar-refractivity contribution is 5.87. The first-order valence-electron chi connectivity index (χ1n) is 9.44. The van der Waals surface area contributed by atoms with Crippen LogP contribution in [0.1, 0.15) is 32.9 Å². The fourth-order valence-corrected chi connectivity index (χ4v) is 3.28. The molecular weight excluding hydrogens is 378 g/mol. The zero-order chi connectivity index (χ0) is 21.1. The number of nitrogens with one attached hydrogen (secondary N) is 1. The third-order valence-electron chi connectivity index (χ3n) is 4.83. The van der Waals surface area contributed by atoms with E-state index in [1.807, 2.05) is 41.9 Å². The van der Waals surface area contributed by atoms with Gasteiger partial charge in [-0.15, -0.1) is 0 Å². The molecule has 2 aromatic carbocycles. The number of rotatable bonds is 4. The molecular formula is C24H19N3O3. The van der Waals surface area contributed by atoms with Crippen molar-refractivity contribution < 1.29 is 9.90 Å². The Morgan fingerprint density at radius 2 is 1.83 bits per heavy atom. The minimum absolute atomic E-state index is 0.155. The summed E-state index contributed by atoms with van der Waals surface area (Å²) in [6.07, 6.45) is 2.77. The van der Waals surface area contributed by atoms with Crippen molar-refractivity contribution in [2.24, 2.45) is 7.05 Å². The number of fused-ring (bicyclic) bond motifs is 1. The number of H-pyrrole nitrogens is 1. The molecule has 0 saturated heterocycles. The lowest BCUT2D eigenvalue weighted by atomic mass is 10.0. The zero-order valence-electron chi connectivity index (χ0n) is 16.3. The molecule has 4 aromatic rings. The molecule has 0 aliphatic heterocycles. The highest BCUT2D eigenvalue weighted by atomic mass is 16.4. The standard InChI is InChI=1S/C24H19N3O3/c1-27-15-19(14-17-10-12-18(13-11-17)24(29)30)22(28)21-23(27)26-20(25-21)9-5-8-16-6-3-2-4-7-16/h2-4,6-7,10-13,15H,8,14H2,1H3,(H,25,26)(H,29,30). The normalized spacial score (nSPS) is 10.6. The summed E-state index contributed by atoms with van der Waals surface area (Å²) in [7, 11) is 1.85. The number of hydrogen-bond donors (Lipinski definition) is 2. The van der Waals surface area contributed by atoms with Gasteiger partial charge < -0.3 is 14.7 Å². The average molecular weight is 397 g/mol. The highest BCUT2D eigenvalue weighted by Crippen LogP contribution is 2.13. The summed E-state index contributed by atoms with van der Waals surface area (Å²) < 4.78 is 1.83. The number of aromatic nitrogens is 3. The Labute approximate surface area is 172 Å². The maximum absolute atomic E-state index is 12.9. The Hall–Kier alpha value is -4.11. The number of aryl methyl sites for hydroxylation is 1. The topological polar surface area (TPSA) is 88.0 Å². The predicted molar refractivity (Wildman–Crippen MR) is 115 cm³/mol. The van der Waals surface area contributed by atoms with Crippen molar-refractivity contribution in [3.05, 3.63) is 99.1 Å². The molecule has 0 aliphatic rings. The van der Waals surface area contributed by atoms with Gasteiger partial charge in [0.2, 0.25) is 5.43 Å². The summed E-state index contributed by atoms with van der Waals surface area (Å²) in [4.78, 5) is 31.4. The van der Waals surface area contributed by atoms with E-state index in [-0.39, 0.29) is 11.0 Å². The number of benzene rings is 2. The third-order valence-corrected chi connectivity index (χ3v) is 4.83. The first-order valence-corrected chi connectivity index (χ1v) is 9.44. The lowest BCUT2D eigenvalue weighted by Gasteiger charge is -2.06. The molecule has 0 atom stereocenters. The van der Waals surface area contributed by atoms with Crippen LogP contribution in [0, 0.1) is 11.8 Å². The lowest BCUT2D eigenvalue weighted by Crippen LogP contribution is -2.14. The van der Waals surface area contributed by atoms with Crippen molar-refractivity contribution in [1.29, 1.82) is 0 Å². The molecule has 0 spiro atoms. The summed E-state index contributed by atoms with van der Waals surface area (Å²) in [5, 5.41) is 9.02. The van der Waals surface area contributed by atoms with Gasteiger partial charge in [-0.1, -0.05) is 48.4 Å². The van der Waals surface area contributed by atoms with Gasteiger partial charge in [-0.3, -0.25) is 4.79 Å².